The van der Waals surface area contributed by atoms with Crippen molar-refractivity contribution in [1.29, 1.82) is 0 Å². The Morgan fingerprint density at radius 2 is 2.21 bits per heavy atom. The van der Waals surface area contributed by atoms with Crippen molar-refractivity contribution in [1.82, 2.24) is 15.3 Å². The largest absolute Gasteiger partial charge is 0.350 e. The summed E-state index contributed by atoms with van der Waals surface area (Å²) in [5.41, 5.74) is 2.85. The van der Waals surface area contributed by atoms with Gasteiger partial charge in [-0.2, -0.15) is 0 Å². The molecule has 0 radical (unpaired) electrons. The molecule has 2 aromatic rings. The fourth-order valence-electron chi connectivity index (χ4n) is 2.72. The van der Waals surface area contributed by atoms with Gasteiger partial charge in [-0.1, -0.05) is 17.7 Å². The molecule has 0 spiro atoms. The standard InChI is InChI=1S/C18H22N4OS/c1-13-6-5-9-16(20-13)22-18-21-15(12-24-18)17(23)19-11-10-14-7-3-2-4-8-14/h5-7,9,12H,2-4,8,10-11H2,1H3,(H,19,23)(H,20,21,22). The first-order valence-corrected chi connectivity index (χ1v) is 9.21. The molecule has 2 aromatic heterocycles. The number of allylic oxidation sites excluding steroid dienone is 1. The maximum atomic E-state index is 12.2. The lowest BCUT2D eigenvalue weighted by Crippen LogP contribution is -2.25. The molecule has 0 atom stereocenters. The van der Waals surface area contributed by atoms with E-state index in [-0.39, 0.29) is 5.91 Å². The SMILES string of the molecule is Cc1cccc(Nc2nc(C(=O)NCCC3=CCCCC3)cs2)n1. The molecule has 0 aromatic carbocycles. The Hall–Kier alpha value is -2.21. The molecule has 126 valence electrons. The van der Waals surface area contributed by atoms with Crippen LogP contribution in [0, 0.1) is 6.92 Å². The number of nitrogens with one attached hydrogen (secondary N) is 2. The zero-order chi connectivity index (χ0) is 16.8. The van der Waals surface area contributed by atoms with Crippen molar-refractivity contribution in [3.63, 3.8) is 0 Å². The summed E-state index contributed by atoms with van der Waals surface area (Å²) < 4.78 is 0. The van der Waals surface area contributed by atoms with Gasteiger partial charge in [-0.15, -0.1) is 11.3 Å². The molecule has 2 heterocycles. The van der Waals surface area contributed by atoms with E-state index in [4.69, 9.17) is 0 Å². The summed E-state index contributed by atoms with van der Waals surface area (Å²) >= 11 is 1.41. The average Bonchev–Trinajstić information content (AvgIpc) is 3.04. The van der Waals surface area contributed by atoms with E-state index < -0.39 is 0 Å². The minimum atomic E-state index is -0.118. The van der Waals surface area contributed by atoms with Crippen LogP contribution >= 0.6 is 11.3 Å². The van der Waals surface area contributed by atoms with Gasteiger partial charge in [-0.05, 0) is 51.2 Å². The van der Waals surface area contributed by atoms with Gasteiger partial charge in [0.05, 0.1) is 0 Å². The van der Waals surface area contributed by atoms with E-state index in [1.54, 1.807) is 5.38 Å². The Labute approximate surface area is 146 Å². The number of amides is 1. The van der Waals surface area contributed by atoms with Gasteiger partial charge in [-0.25, -0.2) is 9.97 Å². The van der Waals surface area contributed by atoms with Gasteiger partial charge in [0.2, 0.25) is 0 Å². The third kappa shape index (κ3) is 4.64. The third-order valence-electron chi connectivity index (χ3n) is 3.98. The lowest BCUT2D eigenvalue weighted by Gasteiger charge is -2.12. The van der Waals surface area contributed by atoms with E-state index in [9.17, 15) is 4.79 Å². The predicted molar refractivity (Wildman–Crippen MR) is 97.9 cm³/mol. The predicted octanol–water partition coefficient (Wildman–Crippen LogP) is 4.21. The molecule has 0 fully saturated rings. The topological polar surface area (TPSA) is 66.9 Å². The van der Waals surface area contributed by atoms with Crippen LogP contribution in [0.5, 0.6) is 0 Å². The number of thiazole rings is 1. The molecule has 0 saturated carbocycles. The molecular formula is C18H22N4OS. The first-order chi connectivity index (χ1) is 11.7. The summed E-state index contributed by atoms with van der Waals surface area (Å²) in [4.78, 5) is 20.9. The third-order valence-corrected chi connectivity index (χ3v) is 4.73. The Balaban J connectivity index is 1.51. The molecule has 0 saturated heterocycles. The molecule has 1 aliphatic rings. The van der Waals surface area contributed by atoms with E-state index in [1.165, 1.54) is 42.6 Å². The first-order valence-electron chi connectivity index (χ1n) is 8.33. The van der Waals surface area contributed by atoms with Crippen molar-refractivity contribution < 1.29 is 4.79 Å². The van der Waals surface area contributed by atoms with Crippen LogP contribution in [0.4, 0.5) is 10.9 Å². The van der Waals surface area contributed by atoms with Gasteiger partial charge in [0, 0.05) is 17.6 Å². The number of pyridine rings is 1. The summed E-state index contributed by atoms with van der Waals surface area (Å²) in [5, 5.41) is 8.53. The van der Waals surface area contributed by atoms with Crippen LogP contribution < -0.4 is 10.6 Å². The monoisotopic (exact) mass is 342 g/mol. The van der Waals surface area contributed by atoms with Crippen LogP contribution in [0.2, 0.25) is 0 Å². The molecule has 0 unspecified atom stereocenters. The van der Waals surface area contributed by atoms with Gasteiger partial charge in [0.25, 0.3) is 5.91 Å². The van der Waals surface area contributed by atoms with Crippen LogP contribution in [0.1, 0.15) is 48.3 Å². The summed E-state index contributed by atoms with van der Waals surface area (Å²) in [6, 6.07) is 5.76. The molecule has 5 nitrogen and oxygen atoms in total. The highest BCUT2D eigenvalue weighted by molar-refractivity contribution is 7.14. The number of nitrogens with zero attached hydrogens (tertiary/aromatic N) is 2. The lowest BCUT2D eigenvalue weighted by molar-refractivity contribution is 0.0950. The van der Waals surface area contributed by atoms with Crippen LogP contribution in [0.3, 0.4) is 0 Å². The van der Waals surface area contributed by atoms with Crippen LogP contribution in [-0.4, -0.2) is 22.4 Å². The Morgan fingerprint density at radius 1 is 1.29 bits per heavy atom. The molecule has 0 bridgehead atoms. The fourth-order valence-corrected chi connectivity index (χ4v) is 3.41. The van der Waals surface area contributed by atoms with Gasteiger partial charge in [0.1, 0.15) is 11.5 Å². The Bertz CT molecular complexity index is 738. The normalized spacial score (nSPS) is 14.1. The molecule has 6 heteroatoms. The smallest absolute Gasteiger partial charge is 0.270 e. The summed E-state index contributed by atoms with van der Waals surface area (Å²) in [5.74, 6) is 0.619. The average molecular weight is 342 g/mol. The molecule has 3 rings (SSSR count). The maximum Gasteiger partial charge on any atom is 0.270 e. The van der Waals surface area contributed by atoms with E-state index in [0.29, 0.717) is 17.4 Å². The Morgan fingerprint density at radius 3 is 3.00 bits per heavy atom. The van der Waals surface area contributed by atoms with Gasteiger partial charge in [0.15, 0.2) is 5.13 Å². The number of hydrogen-bond donors (Lipinski definition) is 2. The lowest BCUT2D eigenvalue weighted by atomic mass is 9.97. The number of hydrogen-bond acceptors (Lipinski definition) is 5. The minimum absolute atomic E-state index is 0.118. The quantitative estimate of drug-likeness (QED) is 0.772. The summed E-state index contributed by atoms with van der Waals surface area (Å²) in [6.07, 6.45) is 8.17. The van der Waals surface area contributed by atoms with Crippen LogP contribution in [0.25, 0.3) is 0 Å². The minimum Gasteiger partial charge on any atom is -0.350 e. The van der Waals surface area contributed by atoms with Crippen LogP contribution in [-0.2, 0) is 0 Å². The highest BCUT2D eigenvalue weighted by atomic mass is 32.1. The zero-order valence-corrected chi connectivity index (χ0v) is 14.7. The molecule has 0 aliphatic heterocycles. The highest BCUT2D eigenvalue weighted by Crippen LogP contribution is 2.21. The number of carbonyl (C=O) groups excluding carboxylic acids is 1. The zero-order valence-electron chi connectivity index (χ0n) is 13.8. The molecule has 1 aliphatic carbocycles. The van der Waals surface area contributed by atoms with Crippen molar-refractivity contribution in [3.05, 3.63) is 46.6 Å². The fraction of sp³-hybridized carbons (Fsp3) is 0.389. The first kappa shape index (κ1) is 16.6. The molecular weight excluding hydrogens is 320 g/mol. The number of aryl methyl sites for hydroxylation is 1. The Kier molecular flexibility index (Phi) is 5.59. The summed E-state index contributed by atoms with van der Waals surface area (Å²) in [6.45, 7) is 2.61. The second-order valence-electron chi connectivity index (χ2n) is 5.94. The number of rotatable bonds is 6. The number of anilines is 2. The van der Waals surface area contributed by atoms with E-state index in [0.717, 1.165) is 17.9 Å². The number of carbonyl (C=O) groups is 1. The van der Waals surface area contributed by atoms with Crippen molar-refractivity contribution >= 4 is 28.2 Å². The second kappa shape index (κ2) is 8.06. The van der Waals surface area contributed by atoms with Crippen molar-refractivity contribution in [2.45, 2.75) is 39.0 Å². The van der Waals surface area contributed by atoms with Gasteiger partial charge < -0.3 is 10.6 Å². The number of aromatic nitrogens is 2. The van der Waals surface area contributed by atoms with Crippen molar-refractivity contribution in [2.24, 2.45) is 0 Å². The molecule has 1 amide bonds. The van der Waals surface area contributed by atoms with Gasteiger partial charge in [-0.3, -0.25) is 4.79 Å². The molecule has 24 heavy (non-hydrogen) atoms. The maximum absolute atomic E-state index is 12.2. The highest BCUT2D eigenvalue weighted by Gasteiger charge is 2.11. The van der Waals surface area contributed by atoms with E-state index in [2.05, 4.69) is 26.7 Å². The van der Waals surface area contributed by atoms with Crippen molar-refractivity contribution in [2.75, 3.05) is 11.9 Å². The molecule has 2 N–H and O–H groups in total. The second-order valence-corrected chi connectivity index (χ2v) is 6.80. The van der Waals surface area contributed by atoms with Gasteiger partial charge >= 0.3 is 0 Å². The summed E-state index contributed by atoms with van der Waals surface area (Å²) in [7, 11) is 0. The van der Waals surface area contributed by atoms with E-state index >= 15 is 0 Å². The van der Waals surface area contributed by atoms with Crippen molar-refractivity contribution in [3.8, 4) is 0 Å². The van der Waals surface area contributed by atoms with E-state index in [1.807, 2.05) is 25.1 Å². The van der Waals surface area contributed by atoms with Crippen LogP contribution in [0.15, 0.2) is 35.2 Å².